The molecule has 0 amide bonds. The van der Waals surface area contributed by atoms with E-state index in [0.29, 0.717) is 12.6 Å². The van der Waals surface area contributed by atoms with Crippen LogP contribution in [0.15, 0.2) is 12.2 Å². The Morgan fingerprint density at radius 3 is 2.77 bits per heavy atom. The van der Waals surface area contributed by atoms with Crippen LogP contribution in [-0.4, -0.2) is 30.6 Å². The van der Waals surface area contributed by atoms with Gasteiger partial charge >= 0.3 is 0 Å². The fourth-order valence-corrected chi connectivity index (χ4v) is 1.91. The molecular formula is C11H22N2. The molecule has 0 radical (unpaired) electrons. The third kappa shape index (κ3) is 3.49. The minimum absolute atomic E-state index is 0.681. The molecule has 0 aliphatic carbocycles. The molecule has 1 rings (SSSR count). The molecule has 0 aromatic heterocycles. The first-order valence-corrected chi connectivity index (χ1v) is 5.33. The highest BCUT2D eigenvalue weighted by Gasteiger charge is 2.22. The molecule has 0 aromatic rings. The molecule has 0 saturated carbocycles. The molecule has 0 bridgehead atoms. The standard InChI is InChI=1S/C11H22N2/c1-10(2)13-8-6-11(9-13)5-3-4-7-12/h3-4,10-11H,5-9,12H2,1-2H3/b4-3-. The molecule has 1 saturated heterocycles. The van der Waals surface area contributed by atoms with Gasteiger partial charge in [0.15, 0.2) is 0 Å². The van der Waals surface area contributed by atoms with Crippen molar-refractivity contribution in [3.8, 4) is 0 Å². The molecule has 2 nitrogen and oxygen atoms in total. The SMILES string of the molecule is CC(C)N1CCC(C/C=C\CN)C1. The van der Waals surface area contributed by atoms with Gasteiger partial charge in [-0.25, -0.2) is 0 Å². The molecule has 2 N–H and O–H groups in total. The van der Waals surface area contributed by atoms with Gasteiger partial charge in [-0.2, -0.15) is 0 Å². The quantitative estimate of drug-likeness (QED) is 0.669. The lowest BCUT2D eigenvalue weighted by Crippen LogP contribution is -2.28. The summed E-state index contributed by atoms with van der Waals surface area (Å²) in [5.74, 6) is 0.866. The number of allylic oxidation sites excluding steroid dienone is 1. The van der Waals surface area contributed by atoms with E-state index in [1.807, 2.05) is 0 Å². The molecule has 1 unspecified atom stereocenters. The second-order valence-corrected chi connectivity index (χ2v) is 4.19. The van der Waals surface area contributed by atoms with Crippen LogP contribution in [0.3, 0.4) is 0 Å². The van der Waals surface area contributed by atoms with Crippen LogP contribution in [0.4, 0.5) is 0 Å². The van der Waals surface area contributed by atoms with Crippen molar-refractivity contribution in [2.75, 3.05) is 19.6 Å². The van der Waals surface area contributed by atoms with Gasteiger partial charge in [-0.3, -0.25) is 0 Å². The predicted molar refractivity (Wildman–Crippen MR) is 57.6 cm³/mol. The number of nitrogens with two attached hydrogens (primary N) is 1. The molecule has 1 aliphatic heterocycles. The fourth-order valence-electron chi connectivity index (χ4n) is 1.91. The molecule has 2 heteroatoms. The Morgan fingerprint density at radius 1 is 1.46 bits per heavy atom. The van der Waals surface area contributed by atoms with E-state index >= 15 is 0 Å². The summed E-state index contributed by atoms with van der Waals surface area (Å²) >= 11 is 0. The minimum Gasteiger partial charge on any atom is -0.327 e. The number of hydrogen-bond acceptors (Lipinski definition) is 2. The van der Waals surface area contributed by atoms with Gasteiger partial charge in [0, 0.05) is 19.1 Å². The van der Waals surface area contributed by atoms with Crippen LogP contribution in [0.25, 0.3) is 0 Å². The summed E-state index contributed by atoms with van der Waals surface area (Å²) < 4.78 is 0. The molecule has 13 heavy (non-hydrogen) atoms. The molecule has 1 atom stereocenters. The monoisotopic (exact) mass is 182 g/mol. The summed E-state index contributed by atoms with van der Waals surface area (Å²) in [6, 6.07) is 0.712. The highest BCUT2D eigenvalue weighted by molar-refractivity contribution is 4.88. The zero-order valence-corrected chi connectivity index (χ0v) is 8.87. The van der Waals surface area contributed by atoms with E-state index in [4.69, 9.17) is 5.73 Å². The summed E-state index contributed by atoms with van der Waals surface area (Å²) in [6.45, 7) is 7.78. The van der Waals surface area contributed by atoms with Crippen molar-refractivity contribution in [2.24, 2.45) is 11.7 Å². The van der Waals surface area contributed by atoms with Crippen LogP contribution >= 0.6 is 0 Å². The van der Waals surface area contributed by atoms with E-state index in [-0.39, 0.29) is 0 Å². The lowest BCUT2D eigenvalue weighted by Gasteiger charge is -2.19. The molecular weight excluding hydrogens is 160 g/mol. The van der Waals surface area contributed by atoms with Crippen LogP contribution in [0.2, 0.25) is 0 Å². The van der Waals surface area contributed by atoms with Gasteiger partial charge in [-0.05, 0) is 39.2 Å². The van der Waals surface area contributed by atoms with Crippen LogP contribution in [0, 0.1) is 5.92 Å². The van der Waals surface area contributed by atoms with Gasteiger partial charge in [0.25, 0.3) is 0 Å². The van der Waals surface area contributed by atoms with E-state index < -0.39 is 0 Å². The molecule has 1 aliphatic rings. The van der Waals surface area contributed by atoms with Crippen molar-refractivity contribution in [1.82, 2.24) is 4.90 Å². The van der Waals surface area contributed by atoms with E-state index in [1.165, 1.54) is 25.9 Å². The fraction of sp³-hybridized carbons (Fsp3) is 0.818. The van der Waals surface area contributed by atoms with Gasteiger partial charge in [-0.15, -0.1) is 0 Å². The average Bonchev–Trinajstić information content (AvgIpc) is 2.53. The molecule has 1 heterocycles. The van der Waals surface area contributed by atoms with Gasteiger partial charge in [0.2, 0.25) is 0 Å². The van der Waals surface area contributed by atoms with Crippen molar-refractivity contribution in [2.45, 2.75) is 32.7 Å². The second-order valence-electron chi connectivity index (χ2n) is 4.19. The van der Waals surface area contributed by atoms with Crippen molar-refractivity contribution in [3.05, 3.63) is 12.2 Å². The maximum Gasteiger partial charge on any atom is 0.0106 e. The summed E-state index contributed by atoms with van der Waals surface area (Å²) in [5.41, 5.74) is 5.39. The summed E-state index contributed by atoms with van der Waals surface area (Å²) in [7, 11) is 0. The van der Waals surface area contributed by atoms with Gasteiger partial charge in [0.05, 0.1) is 0 Å². The average molecular weight is 182 g/mol. The maximum absolute atomic E-state index is 5.39. The van der Waals surface area contributed by atoms with E-state index in [1.54, 1.807) is 0 Å². The van der Waals surface area contributed by atoms with E-state index in [0.717, 1.165) is 5.92 Å². The van der Waals surface area contributed by atoms with E-state index in [9.17, 15) is 0 Å². The second kappa shape index (κ2) is 5.40. The largest absolute Gasteiger partial charge is 0.327 e. The van der Waals surface area contributed by atoms with Gasteiger partial charge < -0.3 is 10.6 Å². The molecule has 1 fully saturated rings. The van der Waals surface area contributed by atoms with Crippen molar-refractivity contribution in [3.63, 3.8) is 0 Å². The van der Waals surface area contributed by atoms with Crippen molar-refractivity contribution >= 4 is 0 Å². The normalized spacial score (nSPS) is 25.1. The van der Waals surface area contributed by atoms with Crippen LogP contribution in [0.1, 0.15) is 26.7 Å². The zero-order valence-electron chi connectivity index (χ0n) is 8.87. The first-order chi connectivity index (χ1) is 6.24. The Morgan fingerprint density at radius 2 is 2.23 bits per heavy atom. The molecule has 0 spiro atoms. The summed E-state index contributed by atoms with van der Waals surface area (Å²) in [5, 5.41) is 0. The van der Waals surface area contributed by atoms with Crippen molar-refractivity contribution in [1.29, 1.82) is 0 Å². The maximum atomic E-state index is 5.39. The van der Waals surface area contributed by atoms with Crippen LogP contribution < -0.4 is 5.73 Å². The predicted octanol–water partition coefficient (Wildman–Crippen LogP) is 1.62. The number of nitrogens with zero attached hydrogens (tertiary/aromatic N) is 1. The summed E-state index contributed by atoms with van der Waals surface area (Å²) in [6.07, 6.45) is 6.86. The smallest absolute Gasteiger partial charge is 0.0106 e. The number of rotatable bonds is 4. The Kier molecular flexibility index (Phi) is 4.46. The van der Waals surface area contributed by atoms with E-state index in [2.05, 4.69) is 30.9 Å². The molecule has 0 aromatic carbocycles. The number of hydrogen-bond donors (Lipinski definition) is 1. The van der Waals surface area contributed by atoms with Crippen molar-refractivity contribution < 1.29 is 0 Å². The Bertz CT molecular complexity index is 163. The first kappa shape index (κ1) is 10.7. The topological polar surface area (TPSA) is 29.3 Å². The van der Waals surface area contributed by atoms with Gasteiger partial charge in [-0.1, -0.05) is 12.2 Å². The highest BCUT2D eigenvalue weighted by Crippen LogP contribution is 2.21. The minimum atomic E-state index is 0.681. The van der Waals surface area contributed by atoms with Crippen LogP contribution in [-0.2, 0) is 0 Å². The Balaban J connectivity index is 2.21. The third-order valence-corrected chi connectivity index (χ3v) is 2.82. The Labute approximate surface area is 81.8 Å². The number of likely N-dealkylation sites (tertiary alicyclic amines) is 1. The van der Waals surface area contributed by atoms with Gasteiger partial charge in [0.1, 0.15) is 0 Å². The Hall–Kier alpha value is -0.340. The van der Waals surface area contributed by atoms with Crippen LogP contribution in [0.5, 0.6) is 0 Å². The lowest BCUT2D eigenvalue weighted by atomic mass is 10.1. The lowest BCUT2D eigenvalue weighted by molar-refractivity contribution is 0.265. The summed E-state index contributed by atoms with van der Waals surface area (Å²) in [4.78, 5) is 2.56. The highest BCUT2D eigenvalue weighted by atomic mass is 15.2. The molecule has 76 valence electrons. The third-order valence-electron chi connectivity index (χ3n) is 2.82. The first-order valence-electron chi connectivity index (χ1n) is 5.33. The zero-order chi connectivity index (χ0) is 9.68.